The molecule has 0 aliphatic carbocycles. The maximum Gasteiger partial charge on any atom is 0.227 e. The molecule has 2 aromatic carbocycles. The molecule has 3 heteroatoms. The van der Waals surface area contributed by atoms with Gasteiger partial charge in [-0.2, -0.15) is 0 Å². The van der Waals surface area contributed by atoms with Gasteiger partial charge in [-0.3, -0.25) is 0 Å². The van der Waals surface area contributed by atoms with Gasteiger partial charge in [0, 0.05) is 17.1 Å². The van der Waals surface area contributed by atoms with Crippen LogP contribution in [0.3, 0.4) is 0 Å². The molecule has 3 nitrogen and oxygen atoms in total. The van der Waals surface area contributed by atoms with E-state index < -0.39 is 0 Å². The first kappa shape index (κ1) is 12.6. The maximum absolute atomic E-state index is 9.37. The highest BCUT2D eigenvalue weighted by Crippen LogP contribution is 2.29. The Morgan fingerprint density at radius 2 is 1.70 bits per heavy atom. The number of hydrogen-bond acceptors (Lipinski definition) is 3. The van der Waals surface area contributed by atoms with Crippen molar-refractivity contribution in [1.29, 1.82) is 0 Å². The smallest absolute Gasteiger partial charge is 0.227 e. The number of hydrogen-bond donors (Lipinski definition) is 1. The minimum absolute atomic E-state index is 0.0294. The summed E-state index contributed by atoms with van der Waals surface area (Å²) in [6.07, 6.45) is 1.66. The Labute approximate surface area is 117 Å². The van der Waals surface area contributed by atoms with Crippen molar-refractivity contribution >= 4 is 10.8 Å². The first-order valence-electron chi connectivity index (χ1n) is 6.50. The number of aromatic nitrogens is 1. The quantitative estimate of drug-likeness (QED) is 0.782. The third-order valence-corrected chi connectivity index (χ3v) is 3.25. The van der Waals surface area contributed by atoms with Crippen LogP contribution in [0, 0.1) is 6.92 Å². The van der Waals surface area contributed by atoms with Crippen molar-refractivity contribution in [3.8, 4) is 11.6 Å². The van der Waals surface area contributed by atoms with Gasteiger partial charge in [-0.15, -0.1) is 0 Å². The lowest BCUT2D eigenvalue weighted by molar-refractivity contribution is 0.283. The van der Waals surface area contributed by atoms with E-state index in [0.717, 1.165) is 22.1 Å². The highest BCUT2D eigenvalue weighted by molar-refractivity contribution is 5.89. The van der Waals surface area contributed by atoms with Crippen LogP contribution in [-0.4, -0.2) is 10.1 Å². The van der Waals surface area contributed by atoms with E-state index in [-0.39, 0.29) is 6.61 Å². The lowest BCUT2D eigenvalue weighted by Gasteiger charge is -2.10. The van der Waals surface area contributed by atoms with Crippen LogP contribution in [0.25, 0.3) is 10.8 Å². The summed E-state index contributed by atoms with van der Waals surface area (Å²) in [5.74, 6) is 1.31. The van der Waals surface area contributed by atoms with Crippen LogP contribution in [-0.2, 0) is 6.61 Å². The Morgan fingerprint density at radius 1 is 1.00 bits per heavy atom. The molecule has 0 saturated carbocycles. The average molecular weight is 265 g/mol. The first-order valence-corrected chi connectivity index (χ1v) is 6.50. The van der Waals surface area contributed by atoms with E-state index in [1.165, 1.54) is 5.56 Å². The Balaban J connectivity index is 2.06. The molecule has 3 rings (SSSR count). The number of aryl methyl sites for hydroxylation is 1. The topological polar surface area (TPSA) is 42.4 Å². The fourth-order valence-corrected chi connectivity index (χ4v) is 2.15. The second-order valence-electron chi connectivity index (χ2n) is 4.71. The lowest BCUT2D eigenvalue weighted by atomic mass is 10.1. The van der Waals surface area contributed by atoms with Crippen LogP contribution in [0.2, 0.25) is 0 Å². The second-order valence-corrected chi connectivity index (χ2v) is 4.71. The van der Waals surface area contributed by atoms with Crippen molar-refractivity contribution in [2.75, 3.05) is 0 Å². The number of fused-ring (bicyclic) bond motifs is 1. The molecular weight excluding hydrogens is 250 g/mol. The Bertz CT molecular complexity index is 736. The third kappa shape index (κ3) is 2.36. The number of aliphatic hydroxyl groups excluding tert-OH is 1. The molecule has 0 fully saturated rings. The summed E-state index contributed by atoms with van der Waals surface area (Å²) in [5.41, 5.74) is 1.99. The summed E-state index contributed by atoms with van der Waals surface area (Å²) in [7, 11) is 0. The van der Waals surface area contributed by atoms with Gasteiger partial charge in [0.15, 0.2) is 0 Å². The third-order valence-electron chi connectivity index (χ3n) is 3.25. The zero-order valence-corrected chi connectivity index (χ0v) is 11.2. The monoisotopic (exact) mass is 265 g/mol. The van der Waals surface area contributed by atoms with Crippen LogP contribution in [0.5, 0.6) is 11.6 Å². The molecule has 1 heterocycles. The molecule has 0 atom stereocenters. The van der Waals surface area contributed by atoms with Gasteiger partial charge in [0.1, 0.15) is 5.75 Å². The van der Waals surface area contributed by atoms with Gasteiger partial charge in [0.05, 0.1) is 6.61 Å². The van der Waals surface area contributed by atoms with Crippen LogP contribution in [0.4, 0.5) is 0 Å². The molecule has 0 aliphatic heterocycles. The molecule has 0 unspecified atom stereocenters. The van der Waals surface area contributed by atoms with E-state index in [0.29, 0.717) is 5.88 Å². The highest BCUT2D eigenvalue weighted by atomic mass is 16.5. The Hall–Kier alpha value is -2.39. The van der Waals surface area contributed by atoms with E-state index in [1.807, 2.05) is 55.5 Å². The van der Waals surface area contributed by atoms with Crippen molar-refractivity contribution in [1.82, 2.24) is 4.98 Å². The number of pyridine rings is 1. The fourth-order valence-electron chi connectivity index (χ4n) is 2.15. The first-order chi connectivity index (χ1) is 9.78. The summed E-state index contributed by atoms with van der Waals surface area (Å²) in [6.45, 7) is 2.01. The lowest BCUT2D eigenvalue weighted by Crippen LogP contribution is -1.93. The zero-order valence-electron chi connectivity index (χ0n) is 11.2. The van der Waals surface area contributed by atoms with Gasteiger partial charge in [0.2, 0.25) is 5.88 Å². The molecule has 0 saturated heterocycles. The Morgan fingerprint density at radius 3 is 2.40 bits per heavy atom. The molecule has 0 radical (unpaired) electrons. The number of nitrogens with zero attached hydrogens (tertiary/aromatic N) is 1. The molecule has 0 spiro atoms. The van der Waals surface area contributed by atoms with E-state index in [9.17, 15) is 5.11 Å². The average Bonchev–Trinajstić information content (AvgIpc) is 2.50. The highest BCUT2D eigenvalue weighted by Gasteiger charge is 2.08. The summed E-state index contributed by atoms with van der Waals surface area (Å²) in [6, 6.07) is 15.6. The van der Waals surface area contributed by atoms with Gasteiger partial charge < -0.3 is 9.84 Å². The minimum Gasteiger partial charge on any atom is -0.438 e. The van der Waals surface area contributed by atoms with Crippen LogP contribution >= 0.6 is 0 Å². The van der Waals surface area contributed by atoms with Crippen LogP contribution < -0.4 is 4.74 Å². The molecule has 0 aliphatic rings. The van der Waals surface area contributed by atoms with Crippen molar-refractivity contribution in [2.24, 2.45) is 0 Å². The van der Waals surface area contributed by atoms with Gasteiger partial charge in [-0.05, 0) is 30.5 Å². The predicted molar refractivity (Wildman–Crippen MR) is 78.9 cm³/mol. The summed E-state index contributed by atoms with van der Waals surface area (Å²) >= 11 is 0. The van der Waals surface area contributed by atoms with Crippen molar-refractivity contribution < 1.29 is 9.84 Å². The number of ether oxygens (including phenoxy) is 1. The molecule has 1 N–H and O–H groups in total. The summed E-state index contributed by atoms with van der Waals surface area (Å²) < 4.78 is 5.85. The van der Waals surface area contributed by atoms with Gasteiger partial charge in [-0.25, -0.2) is 4.98 Å². The molecule has 100 valence electrons. The SMILES string of the molecule is Cc1ccc(Oc2ncc(CO)c3ccccc23)cc1. The van der Waals surface area contributed by atoms with Gasteiger partial charge in [-0.1, -0.05) is 35.9 Å². The van der Waals surface area contributed by atoms with Crippen molar-refractivity contribution in [2.45, 2.75) is 13.5 Å². The van der Waals surface area contributed by atoms with E-state index >= 15 is 0 Å². The molecule has 1 aromatic heterocycles. The fraction of sp³-hybridized carbons (Fsp3) is 0.118. The van der Waals surface area contributed by atoms with Gasteiger partial charge in [0.25, 0.3) is 0 Å². The number of rotatable bonds is 3. The second kappa shape index (κ2) is 5.31. The molecule has 20 heavy (non-hydrogen) atoms. The Kier molecular flexibility index (Phi) is 3.35. The van der Waals surface area contributed by atoms with Crippen molar-refractivity contribution in [3.05, 3.63) is 65.9 Å². The van der Waals surface area contributed by atoms with Crippen LogP contribution in [0.1, 0.15) is 11.1 Å². The van der Waals surface area contributed by atoms with E-state index in [1.54, 1.807) is 6.20 Å². The maximum atomic E-state index is 9.37. The van der Waals surface area contributed by atoms with E-state index in [2.05, 4.69) is 4.98 Å². The molecule has 0 bridgehead atoms. The largest absolute Gasteiger partial charge is 0.438 e. The number of benzene rings is 2. The molecular formula is C17H15NO2. The number of aliphatic hydroxyl groups is 1. The van der Waals surface area contributed by atoms with Crippen LogP contribution in [0.15, 0.2) is 54.7 Å². The van der Waals surface area contributed by atoms with Crippen molar-refractivity contribution in [3.63, 3.8) is 0 Å². The predicted octanol–water partition coefficient (Wildman–Crippen LogP) is 3.83. The summed E-state index contributed by atoms with van der Waals surface area (Å²) in [4.78, 5) is 4.31. The minimum atomic E-state index is -0.0294. The molecule has 3 aromatic rings. The van der Waals surface area contributed by atoms with Gasteiger partial charge >= 0.3 is 0 Å². The molecule has 0 amide bonds. The zero-order chi connectivity index (χ0) is 13.9. The normalized spacial score (nSPS) is 10.7. The van der Waals surface area contributed by atoms with E-state index in [4.69, 9.17) is 4.74 Å². The standard InChI is InChI=1S/C17H15NO2/c1-12-6-8-14(9-7-12)20-17-16-5-3-2-4-15(16)13(11-19)10-18-17/h2-10,19H,11H2,1H3. The summed E-state index contributed by atoms with van der Waals surface area (Å²) in [5, 5.41) is 11.2.